The topological polar surface area (TPSA) is 63.5 Å². The molecule has 5 heteroatoms. The highest BCUT2D eigenvalue weighted by atomic mass is 16.6. The lowest BCUT2D eigenvalue weighted by Crippen LogP contribution is -2.26. The zero-order chi connectivity index (χ0) is 17.1. The lowest BCUT2D eigenvalue weighted by molar-refractivity contribution is -0.385. The third-order valence-electron chi connectivity index (χ3n) is 3.89. The highest BCUT2D eigenvalue weighted by Crippen LogP contribution is 2.20. The quantitative estimate of drug-likeness (QED) is 0.637. The second-order valence-electron chi connectivity index (χ2n) is 5.85. The molecule has 0 N–H and O–H groups in total. The molecule has 0 atom stereocenters. The predicted octanol–water partition coefficient (Wildman–Crippen LogP) is 3.79. The number of nitrogens with zero attached hydrogens (tertiary/aromatic N) is 2. The number of amides is 1. The fourth-order valence-corrected chi connectivity index (χ4v) is 2.56. The molecule has 0 saturated carbocycles. The summed E-state index contributed by atoms with van der Waals surface area (Å²) >= 11 is 0. The van der Waals surface area contributed by atoms with E-state index in [1.165, 1.54) is 17.7 Å². The van der Waals surface area contributed by atoms with Crippen LogP contribution in [-0.4, -0.2) is 22.8 Å². The van der Waals surface area contributed by atoms with Gasteiger partial charge in [-0.1, -0.05) is 23.8 Å². The van der Waals surface area contributed by atoms with Crippen molar-refractivity contribution in [1.82, 2.24) is 4.90 Å². The number of aryl methyl sites for hydroxylation is 3. The maximum Gasteiger partial charge on any atom is 0.272 e. The first-order valence-corrected chi connectivity index (χ1v) is 7.36. The highest BCUT2D eigenvalue weighted by molar-refractivity contribution is 5.94. The number of carbonyl (C=O) groups is 1. The van der Waals surface area contributed by atoms with Crippen molar-refractivity contribution >= 4 is 11.6 Å². The summed E-state index contributed by atoms with van der Waals surface area (Å²) in [7, 11) is 1.73. The highest BCUT2D eigenvalue weighted by Gasteiger charge is 2.17. The van der Waals surface area contributed by atoms with Gasteiger partial charge >= 0.3 is 0 Å². The SMILES string of the molecule is Cc1ccc(CN(C)C(=O)c2ccc([N+](=O)[O-])c(C)c2)c(C)c1. The first-order chi connectivity index (χ1) is 10.8. The van der Waals surface area contributed by atoms with E-state index in [-0.39, 0.29) is 11.6 Å². The molecule has 0 aromatic heterocycles. The summed E-state index contributed by atoms with van der Waals surface area (Å²) < 4.78 is 0. The molecule has 0 fully saturated rings. The summed E-state index contributed by atoms with van der Waals surface area (Å²) in [5.41, 5.74) is 4.39. The molecule has 0 spiro atoms. The minimum absolute atomic E-state index is 0.0265. The normalized spacial score (nSPS) is 10.4. The van der Waals surface area contributed by atoms with Crippen LogP contribution < -0.4 is 0 Å². The van der Waals surface area contributed by atoms with E-state index in [2.05, 4.69) is 6.07 Å². The van der Waals surface area contributed by atoms with Crippen LogP contribution in [-0.2, 0) is 6.54 Å². The Morgan fingerprint density at radius 1 is 1.09 bits per heavy atom. The van der Waals surface area contributed by atoms with E-state index in [0.29, 0.717) is 17.7 Å². The van der Waals surface area contributed by atoms with Gasteiger partial charge in [0.1, 0.15) is 0 Å². The molecule has 0 bridgehead atoms. The van der Waals surface area contributed by atoms with Gasteiger partial charge in [0.15, 0.2) is 0 Å². The van der Waals surface area contributed by atoms with Gasteiger partial charge in [-0.2, -0.15) is 0 Å². The number of benzene rings is 2. The summed E-state index contributed by atoms with van der Waals surface area (Å²) in [6.07, 6.45) is 0. The molecule has 0 heterocycles. The lowest BCUT2D eigenvalue weighted by Gasteiger charge is -2.19. The molecule has 0 aliphatic carbocycles. The van der Waals surface area contributed by atoms with Crippen molar-refractivity contribution in [3.8, 4) is 0 Å². The molecule has 120 valence electrons. The van der Waals surface area contributed by atoms with Crippen LogP contribution in [0.5, 0.6) is 0 Å². The largest absolute Gasteiger partial charge is 0.337 e. The summed E-state index contributed by atoms with van der Waals surface area (Å²) in [6.45, 7) is 6.20. The molecule has 2 aromatic carbocycles. The fourth-order valence-electron chi connectivity index (χ4n) is 2.56. The Morgan fingerprint density at radius 3 is 2.35 bits per heavy atom. The molecule has 0 aliphatic rings. The molecule has 2 rings (SSSR count). The fraction of sp³-hybridized carbons (Fsp3) is 0.278. The first-order valence-electron chi connectivity index (χ1n) is 7.36. The Labute approximate surface area is 135 Å². The molecule has 2 aromatic rings. The number of nitro benzene ring substituents is 1. The summed E-state index contributed by atoms with van der Waals surface area (Å²) in [5.74, 6) is -0.150. The number of rotatable bonds is 4. The van der Waals surface area contributed by atoms with Gasteiger partial charge in [0, 0.05) is 30.8 Å². The van der Waals surface area contributed by atoms with Crippen molar-refractivity contribution in [3.05, 3.63) is 74.3 Å². The van der Waals surface area contributed by atoms with Crippen LogP contribution in [0.2, 0.25) is 0 Å². The predicted molar refractivity (Wildman–Crippen MR) is 89.5 cm³/mol. The van der Waals surface area contributed by atoms with Gasteiger partial charge in [-0.3, -0.25) is 14.9 Å². The molecular weight excluding hydrogens is 292 g/mol. The van der Waals surface area contributed by atoms with Crippen LogP contribution in [0.15, 0.2) is 36.4 Å². The Morgan fingerprint density at radius 2 is 1.78 bits per heavy atom. The van der Waals surface area contributed by atoms with Gasteiger partial charge in [0.2, 0.25) is 0 Å². The van der Waals surface area contributed by atoms with E-state index in [1.54, 1.807) is 24.9 Å². The van der Waals surface area contributed by atoms with Crippen LogP contribution in [0.3, 0.4) is 0 Å². The Balaban J connectivity index is 2.19. The lowest BCUT2D eigenvalue weighted by atomic mass is 10.0. The van der Waals surface area contributed by atoms with E-state index in [0.717, 1.165) is 11.1 Å². The second kappa shape index (κ2) is 6.60. The van der Waals surface area contributed by atoms with Gasteiger partial charge in [-0.05, 0) is 44.0 Å². The molecule has 5 nitrogen and oxygen atoms in total. The third-order valence-corrected chi connectivity index (χ3v) is 3.89. The number of nitro groups is 1. The van der Waals surface area contributed by atoms with Crippen LogP contribution in [0, 0.1) is 30.9 Å². The van der Waals surface area contributed by atoms with Crippen molar-refractivity contribution in [2.45, 2.75) is 27.3 Å². The van der Waals surface area contributed by atoms with E-state index >= 15 is 0 Å². The maximum absolute atomic E-state index is 12.5. The number of carbonyl (C=O) groups excluding carboxylic acids is 1. The van der Waals surface area contributed by atoms with Crippen LogP contribution in [0.1, 0.15) is 32.6 Å². The van der Waals surface area contributed by atoms with Crippen LogP contribution in [0.4, 0.5) is 5.69 Å². The minimum atomic E-state index is -0.442. The second-order valence-corrected chi connectivity index (χ2v) is 5.85. The standard InChI is InChI=1S/C18H20N2O3/c1-12-5-6-16(13(2)9-12)11-19(4)18(21)15-7-8-17(20(22)23)14(3)10-15/h5-10H,11H2,1-4H3. The van der Waals surface area contributed by atoms with Crippen molar-refractivity contribution in [3.63, 3.8) is 0 Å². The van der Waals surface area contributed by atoms with Gasteiger partial charge in [0.25, 0.3) is 11.6 Å². The molecule has 0 aliphatic heterocycles. The van der Waals surface area contributed by atoms with Gasteiger partial charge < -0.3 is 4.90 Å². The van der Waals surface area contributed by atoms with Crippen molar-refractivity contribution in [1.29, 1.82) is 0 Å². The Hall–Kier alpha value is -2.69. The van der Waals surface area contributed by atoms with Crippen LogP contribution in [0.25, 0.3) is 0 Å². The van der Waals surface area contributed by atoms with Crippen molar-refractivity contribution in [2.75, 3.05) is 7.05 Å². The third kappa shape index (κ3) is 3.74. The average molecular weight is 312 g/mol. The van der Waals surface area contributed by atoms with E-state index in [4.69, 9.17) is 0 Å². The zero-order valence-corrected chi connectivity index (χ0v) is 13.8. The summed E-state index contributed by atoms with van der Waals surface area (Å²) in [4.78, 5) is 24.6. The van der Waals surface area contributed by atoms with Crippen molar-refractivity contribution in [2.24, 2.45) is 0 Å². The van der Waals surface area contributed by atoms with E-state index in [9.17, 15) is 14.9 Å². The molecule has 1 amide bonds. The molecule has 0 radical (unpaired) electrons. The number of hydrogen-bond donors (Lipinski definition) is 0. The molecular formula is C18H20N2O3. The van der Waals surface area contributed by atoms with Gasteiger partial charge in [-0.25, -0.2) is 0 Å². The van der Waals surface area contributed by atoms with Gasteiger partial charge in [-0.15, -0.1) is 0 Å². The van der Waals surface area contributed by atoms with Crippen LogP contribution >= 0.6 is 0 Å². The Kier molecular flexibility index (Phi) is 4.79. The zero-order valence-electron chi connectivity index (χ0n) is 13.8. The first kappa shape index (κ1) is 16.7. The maximum atomic E-state index is 12.5. The molecule has 23 heavy (non-hydrogen) atoms. The monoisotopic (exact) mass is 312 g/mol. The van der Waals surface area contributed by atoms with E-state index in [1.807, 2.05) is 26.0 Å². The van der Waals surface area contributed by atoms with E-state index < -0.39 is 4.92 Å². The van der Waals surface area contributed by atoms with Crippen molar-refractivity contribution < 1.29 is 9.72 Å². The smallest absolute Gasteiger partial charge is 0.272 e. The molecule has 0 saturated heterocycles. The molecule has 0 unspecified atom stereocenters. The minimum Gasteiger partial charge on any atom is -0.337 e. The van der Waals surface area contributed by atoms with Gasteiger partial charge in [0.05, 0.1) is 4.92 Å². The summed E-state index contributed by atoms with van der Waals surface area (Å²) in [6, 6.07) is 10.6. The number of hydrogen-bond acceptors (Lipinski definition) is 3. The average Bonchev–Trinajstić information content (AvgIpc) is 2.48. The Bertz CT molecular complexity index is 769. The summed E-state index contributed by atoms with van der Waals surface area (Å²) in [5, 5.41) is 10.9.